The molecule has 0 spiro atoms. The Hall–Kier alpha value is -1.84. The van der Waals surface area contributed by atoms with Crippen molar-refractivity contribution in [3.63, 3.8) is 0 Å². The number of nitrogens with one attached hydrogen (secondary N) is 1. The highest BCUT2D eigenvalue weighted by atomic mass is 127. The molecule has 3 rings (SSSR count). The first kappa shape index (κ1) is 26.8. The van der Waals surface area contributed by atoms with Crippen LogP contribution in [0.15, 0.2) is 35.2 Å². The Morgan fingerprint density at radius 1 is 1.21 bits per heavy atom. The second-order valence-corrected chi connectivity index (χ2v) is 10.7. The molecule has 0 bridgehead atoms. The summed E-state index contributed by atoms with van der Waals surface area (Å²) in [6, 6.07) is 7.69. The van der Waals surface area contributed by atoms with Crippen molar-refractivity contribution in [3.8, 4) is 5.75 Å². The number of thioether (sulfide) groups is 1. The first-order chi connectivity index (χ1) is 16.1. The van der Waals surface area contributed by atoms with E-state index in [9.17, 15) is 24.3 Å². The number of benzene rings is 2. The molecule has 1 aliphatic heterocycles. The van der Waals surface area contributed by atoms with E-state index < -0.39 is 29.6 Å². The van der Waals surface area contributed by atoms with Gasteiger partial charge in [0.2, 0.25) is 5.91 Å². The molecular weight excluding hydrogens is 710 g/mol. The van der Waals surface area contributed by atoms with E-state index in [2.05, 4.69) is 5.32 Å². The van der Waals surface area contributed by atoms with Crippen LogP contribution in [0, 0.1) is 7.14 Å². The average Bonchev–Trinajstić information content (AvgIpc) is 3.04. The van der Waals surface area contributed by atoms with Gasteiger partial charge in [-0.25, -0.2) is 4.79 Å². The molecule has 12 heteroatoms. The fraction of sp³-hybridized carbons (Fsp3) is 0.182. The number of carbonyl (C=O) groups excluding carboxylic acids is 4. The van der Waals surface area contributed by atoms with Gasteiger partial charge < -0.3 is 15.2 Å². The van der Waals surface area contributed by atoms with Crippen LogP contribution in [0.2, 0.25) is 5.02 Å². The fourth-order valence-corrected chi connectivity index (χ4v) is 5.68. The van der Waals surface area contributed by atoms with Crippen LogP contribution < -0.4 is 5.32 Å². The van der Waals surface area contributed by atoms with Gasteiger partial charge in [0.15, 0.2) is 0 Å². The van der Waals surface area contributed by atoms with E-state index >= 15 is 0 Å². The lowest BCUT2D eigenvalue weighted by molar-refractivity contribution is -0.127. The van der Waals surface area contributed by atoms with E-state index in [0.29, 0.717) is 19.1 Å². The van der Waals surface area contributed by atoms with Crippen molar-refractivity contribution in [2.45, 2.75) is 13.3 Å². The molecule has 0 saturated carbocycles. The number of hydrogen-bond acceptors (Lipinski definition) is 7. The summed E-state index contributed by atoms with van der Waals surface area (Å²) in [6.45, 7) is 1.60. The van der Waals surface area contributed by atoms with E-state index in [1.54, 1.807) is 18.2 Å². The minimum absolute atomic E-state index is 0.0974. The molecule has 0 atom stereocenters. The van der Waals surface area contributed by atoms with Gasteiger partial charge in [0.1, 0.15) is 12.3 Å². The Balaban J connectivity index is 1.70. The van der Waals surface area contributed by atoms with Gasteiger partial charge in [0.05, 0.1) is 29.2 Å². The third-order valence-corrected chi connectivity index (χ3v) is 7.30. The van der Waals surface area contributed by atoms with Crippen LogP contribution in [-0.4, -0.2) is 46.2 Å². The maximum Gasteiger partial charge on any atom is 0.339 e. The molecule has 8 nitrogen and oxygen atoms in total. The monoisotopic (exact) mass is 726 g/mol. The van der Waals surface area contributed by atoms with Gasteiger partial charge in [-0.1, -0.05) is 18.5 Å². The van der Waals surface area contributed by atoms with Gasteiger partial charge in [-0.2, -0.15) is 0 Å². The van der Waals surface area contributed by atoms with Crippen molar-refractivity contribution in [2.24, 2.45) is 0 Å². The third kappa shape index (κ3) is 6.43. The molecule has 1 aliphatic rings. The number of anilines is 1. The standard InChI is InChI=1S/C22H17ClI2N2O6S/c1-2-5-33-21(31)13-9-12(3-4-14(13)23)26-18(28)10-27-20(30)17(34-22(27)32)8-11-6-15(24)19(29)16(25)7-11/h3-4,6-9,29H,2,5,10H2,1H3,(H,26,28)/b17-8+. The summed E-state index contributed by atoms with van der Waals surface area (Å²) in [5.41, 5.74) is 1.01. The number of carbonyl (C=O) groups is 4. The molecule has 3 amide bonds. The quantitative estimate of drug-likeness (QED) is 0.220. The summed E-state index contributed by atoms with van der Waals surface area (Å²) >= 11 is 10.7. The van der Waals surface area contributed by atoms with Crippen molar-refractivity contribution in [1.29, 1.82) is 0 Å². The van der Waals surface area contributed by atoms with Crippen molar-refractivity contribution in [2.75, 3.05) is 18.5 Å². The molecule has 2 aromatic carbocycles. The topological polar surface area (TPSA) is 113 Å². The second kappa shape index (κ2) is 11.7. The van der Waals surface area contributed by atoms with Crippen LogP contribution in [0.4, 0.5) is 10.5 Å². The maximum absolute atomic E-state index is 12.7. The molecule has 2 N–H and O–H groups in total. The van der Waals surface area contributed by atoms with Gasteiger partial charge in [-0.15, -0.1) is 0 Å². The molecule has 2 aromatic rings. The lowest BCUT2D eigenvalue weighted by Crippen LogP contribution is -2.36. The van der Waals surface area contributed by atoms with E-state index in [-0.39, 0.29) is 33.5 Å². The zero-order valence-corrected chi connectivity index (χ0v) is 23.5. The summed E-state index contributed by atoms with van der Waals surface area (Å²) in [5, 5.41) is 12.1. The Kier molecular flexibility index (Phi) is 9.23. The van der Waals surface area contributed by atoms with E-state index in [4.69, 9.17) is 16.3 Å². The highest BCUT2D eigenvalue weighted by molar-refractivity contribution is 14.1. The number of esters is 1. The largest absolute Gasteiger partial charge is 0.506 e. The predicted molar refractivity (Wildman–Crippen MR) is 147 cm³/mol. The molecule has 1 fully saturated rings. The number of phenols is 1. The smallest absolute Gasteiger partial charge is 0.339 e. The summed E-state index contributed by atoms with van der Waals surface area (Å²) in [5.74, 6) is -1.68. The molecular formula is C22H17ClI2N2O6S. The zero-order chi connectivity index (χ0) is 25.0. The number of phenolic OH excluding ortho intramolecular Hbond substituents is 1. The van der Waals surface area contributed by atoms with Crippen LogP contribution >= 0.6 is 68.5 Å². The van der Waals surface area contributed by atoms with E-state index in [1.165, 1.54) is 18.2 Å². The minimum Gasteiger partial charge on any atom is -0.506 e. The molecule has 0 aromatic heterocycles. The number of amides is 3. The first-order valence-electron chi connectivity index (χ1n) is 9.80. The third-order valence-electron chi connectivity index (χ3n) is 4.42. The SMILES string of the molecule is CCCOC(=O)c1cc(NC(=O)CN2C(=O)S/C(=C/c3cc(I)c(O)c(I)c3)C2=O)ccc1Cl. The number of aromatic hydroxyl groups is 1. The van der Waals surface area contributed by atoms with Gasteiger partial charge in [-0.05, 0) is 105 Å². The van der Waals surface area contributed by atoms with E-state index in [0.717, 1.165) is 16.7 Å². The van der Waals surface area contributed by atoms with Crippen molar-refractivity contribution < 1.29 is 29.0 Å². The molecule has 1 heterocycles. The number of imide groups is 1. The predicted octanol–water partition coefficient (Wildman–Crippen LogP) is 5.50. The number of ether oxygens (including phenoxy) is 1. The van der Waals surface area contributed by atoms with Crippen LogP contribution in [0.3, 0.4) is 0 Å². The van der Waals surface area contributed by atoms with Gasteiger partial charge in [-0.3, -0.25) is 19.3 Å². The average molecular weight is 727 g/mol. The molecule has 0 unspecified atom stereocenters. The molecule has 178 valence electrons. The van der Waals surface area contributed by atoms with E-state index in [1.807, 2.05) is 52.1 Å². The number of hydrogen-bond donors (Lipinski definition) is 2. The fourth-order valence-electron chi connectivity index (χ4n) is 2.83. The normalized spacial score (nSPS) is 14.6. The molecule has 34 heavy (non-hydrogen) atoms. The summed E-state index contributed by atoms with van der Waals surface area (Å²) in [6.07, 6.45) is 2.19. The maximum atomic E-state index is 12.7. The molecule has 0 radical (unpaired) electrons. The highest BCUT2D eigenvalue weighted by Gasteiger charge is 2.36. The lowest BCUT2D eigenvalue weighted by Gasteiger charge is -2.13. The second-order valence-electron chi connectivity index (χ2n) is 6.98. The van der Waals surface area contributed by atoms with Gasteiger partial charge in [0.25, 0.3) is 11.1 Å². The van der Waals surface area contributed by atoms with Crippen molar-refractivity contribution in [1.82, 2.24) is 4.90 Å². The van der Waals surface area contributed by atoms with Crippen molar-refractivity contribution in [3.05, 3.63) is 58.5 Å². The summed E-state index contributed by atoms with van der Waals surface area (Å²) < 4.78 is 6.29. The van der Waals surface area contributed by atoms with Crippen molar-refractivity contribution >= 4 is 103 Å². The minimum atomic E-state index is -0.618. The Labute approximate surface area is 231 Å². The van der Waals surface area contributed by atoms with Gasteiger partial charge in [0, 0.05) is 5.69 Å². The van der Waals surface area contributed by atoms with Crippen LogP contribution in [0.5, 0.6) is 5.75 Å². The molecule has 0 aliphatic carbocycles. The summed E-state index contributed by atoms with van der Waals surface area (Å²) in [7, 11) is 0. The number of nitrogens with zero attached hydrogens (tertiary/aromatic N) is 1. The highest BCUT2D eigenvalue weighted by Crippen LogP contribution is 2.34. The lowest BCUT2D eigenvalue weighted by atomic mass is 10.2. The zero-order valence-electron chi connectivity index (χ0n) is 17.6. The molecule has 1 saturated heterocycles. The Morgan fingerprint density at radius 3 is 2.53 bits per heavy atom. The first-order valence-corrected chi connectivity index (χ1v) is 13.2. The summed E-state index contributed by atoms with van der Waals surface area (Å²) in [4.78, 5) is 50.8. The van der Waals surface area contributed by atoms with Crippen LogP contribution in [0.1, 0.15) is 29.3 Å². The Morgan fingerprint density at radius 2 is 1.88 bits per heavy atom. The van der Waals surface area contributed by atoms with Gasteiger partial charge >= 0.3 is 5.97 Å². The number of halogens is 3. The van der Waals surface area contributed by atoms with Crippen LogP contribution in [0.25, 0.3) is 6.08 Å². The number of rotatable bonds is 7. The Bertz CT molecular complexity index is 1200. The van der Waals surface area contributed by atoms with Crippen LogP contribution in [-0.2, 0) is 14.3 Å².